The molecule has 0 unspecified atom stereocenters. The molecule has 0 aromatic carbocycles. The summed E-state index contributed by atoms with van der Waals surface area (Å²) in [4.78, 5) is 19.2. The standard InChI is InChI=1S/C18H27N5O/c1-4-5-9-22-12-8-19-17(22)15-6-10-23(11-7-15)18(24)16-13-21(3)20-14(16)2/h8,12-13,15H,4-7,9-11H2,1-3H3. The highest BCUT2D eigenvalue weighted by molar-refractivity contribution is 5.95. The fraction of sp³-hybridized carbons (Fsp3) is 0.611. The van der Waals surface area contributed by atoms with Crippen molar-refractivity contribution in [3.8, 4) is 0 Å². The second-order valence-electron chi connectivity index (χ2n) is 6.70. The molecule has 2 aromatic rings. The van der Waals surface area contributed by atoms with E-state index in [0.717, 1.165) is 43.7 Å². The van der Waals surface area contributed by atoms with Crippen LogP contribution < -0.4 is 0 Å². The zero-order chi connectivity index (χ0) is 17.1. The fourth-order valence-corrected chi connectivity index (χ4v) is 3.52. The molecule has 1 aliphatic rings. The molecule has 1 aliphatic heterocycles. The Kier molecular flexibility index (Phi) is 5.02. The minimum absolute atomic E-state index is 0.105. The molecule has 0 spiro atoms. The summed E-state index contributed by atoms with van der Waals surface area (Å²) < 4.78 is 4.00. The summed E-state index contributed by atoms with van der Waals surface area (Å²) in [6, 6.07) is 0. The number of unbranched alkanes of at least 4 members (excludes halogenated alkanes) is 1. The smallest absolute Gasteiger partial charge is 0.257 e. The molecule has 1 fully saturated rings. The highest BCUT2D eigenvalue weighted by Crippen LogP contribution is 2.28. The molecule has 0 radical (unpaired) electrons. The number of aryl methyl sites for hydroxylation is 3. The van der Waals surface area contributed by atoms with E-state index >= 15 is 0 Å². The van der Waals surface area contributed by atoms with E-state index in [0.29, 0.717) is 5.92 Å². The molecule has 24 heavy (non-hydrogen) atoms. The van der Waals surface area contributed by atoms with Gasteiger partial charge in [-0.1, -0.05) is 13.3 Å². The van der Waals surface area contributed by atoms with Gasteiger partial charge in [-0.05, 0) is 26.2 Å². The van der Waals surface area contributed by atoms with Crippen LogP contribution in [0.3, 0.4) is 0 Å². The van der Waals surface area contributed by atoms with Gasteiger partial charge in [0.1, 0.15) is 5.82 Å². The lowest BCUT2D eigenvalue weighted by Gasteiger charge is -2.32. The van der Waals surface area contributed by atoms with Crippen LogP contribution in [-0.4, -0.2) is 43.2 Å². The zero-order valence-electron chi connectivity index (χ0n) is 14.9. The van der Waals surface area contributed by atoms with Gasteiger partial charge in [0, 0.05) is 51.2 Å². The number of carbonyl (C=O) groups excluding carboxylic acids is 1. The number of nitrogens with zero attached hydrogens (tertiary/aromatic N) is 5. The quantitative estimate of drug-likeness (QED) is 0.847. The average molecular weight is 329 g/mol. The van der Waals surface area contributed by atoms with E-state index in [2.05, 4.69) is 27.8 Å². The number of rotatable bonds is 5. The second-order valence-corrected chi connectivity index (χ2v) is 6.70. The molecule has 3 heterocycles. The first-order valence-corrected chi connectivity index (χ1v) is 8.90. The monoisotopic (exact) mass is 329 g/mol. The van der Waals surface area contributed by atoms with Gasteiger partial charge < -0.3 is 9.47 Å². The minimum atomic E-state index is 0.105. The number of piperidine rings is 1. The Morgan fingerprint density at radius 2 is 2.08 bits per heavy atom. The molecular formula is C18H27N5O. The maximum Gasteiger partial charge on any atom is 0.257 e. The number of amides is 1. The Hall–Kier alpha value is -2.11. The number of hydrogen-bond donors (Lipinski definition) is 0. The molecule has 0 bridgehead atoms. The van der Waals surface area contributed by atoms with Gasteiger partial charge in [-0.3, -0.25) is 9.48 Å². The topological polar surface area (TPSA) is 56.0 Å². The average Bonchev–Trinajstić information content (AvgIpc) is 3.18. The summed E-state index contributed by atoms with van der Waals surface area (Å²) in [7, 11) is 1.85. The Morgan fingerprint density at radius 1 is 1.33 bits per heavy atom. The summed E-state index contributed by atoms with van der Waals surface area (Å²) in [6.07, 6.45) is 10.1. The van der Waals surface area contributed by atoms with E-state index in [1.54, 1.807) is 4.68 Å². The van der Waals surface area contributed by atoms with Gasteiger partial charge in [-0.25, -0.2) is 4.98 Å². The normalized spacial score (nSPS) is 15.9. The Morgan fingerprint density at radius 3 is 2.71 bits per heavy atom. The molecule has 0 N–H and O–H groups in total. The second kappa shape index (κ2) is 7.20. The van der Waals surface area contributed by atoms with Crippen LogP contribution in [0.1, 0.15) is 60.4 Å². The third kappa shape index (κ3) is 3.37. The van der Waals surface area contributed by atoms with Crippen LogP contribution in [0.4, 0.5) is 0 Å². The van der Waals surface area contributed by atoms with E-state index in [-0.39, 0.29) is 5.91 Å². The van der Waals surface area contributed by atoms with Crippen molar-refractivity contribution in [1.82, 2.24) is 24.2 Å². The van der Waals surface area contributed by atoms with Crippen LogP contribution in [-0.2, 0) is 13.6 Å². The van der Waals surface area contributed by atoms with Gasteiger partial charge in [0.05, 0.1) is 11.3 Å². The number of likely N-dealkylation sites (tertiary alicyclic amines) is 1. The van der Waals surface area contributed by atoms with Crippen LogP contribution in [0, 0.1) is 6.92 Å². The third-order valence-corrected chi connectivity index (χ3v) is 4.89. The van der Waals surface area contributed by atoms with Crippen molar-refractivity contribution < 1.29 is 4.79 Å². The van der Waals surface area contributed by atoms with Gasteiger partial charge in [-0.2, -0.15) is 5.10 Å². The predicted molar refractivity (Wildman–Crippen MR) is 93.0 cm³/mol. The van der Waals surface area contributed by atoms with Gasteiger partial charge in [-0.15, -0.1) is 0 Å². The maximum atomic E-state index is 12.7. The number of aromatic nitrogens is 4. The van der Waals surface area contributed by atoms with Crippen molar-refractivity contribution in [2.45, 2.75) is 52.0 Å². The molecule has 1 saturated heterocycles. The van der Waals surface area contributed by atoms with Crippen molar-refractivity contribution in [3.05, 3.63) is 35.7 Å². The first-order chi connectivity index (χ1) is 11.6. The minimum Gasteiger partial charge on any atom is -0.338 e. The van der Waals surface area contributed by atoms with Crippen molar-refractivity contribution in [1.29, 1.82) is 0 Å². The van der Waals surface area contributed by atoms with Crippen molar-refractivity contribution in [3.63, 3.8) is 0 Å². The highest BCUT2D eigenvalue weighted by Gasteiger charge is 2.28. The highest BCUT2D eigenvalue weighted by atomic mass is 16.2. The first kappa shape index (κ1) is 16.7. The van der Waals surface area contributed by atoms with Crippen molar-refractivity contribution in [2.75, 3.05) is 13.1 Å². The van der Waals surface area contributed by atoms with Gasteiger partial charge in [0.25, 0.3) is 5.91 Å². The summed E-state index contributed by atoms with van der Waals surface area (Å²) >= 11 is 0. The van der Waals surface area contributed by atoms with Crippen LogP contribution in [0.15, 0.2) is 18.6 Å². The lowest BCUT2D eigenvalue weighted by Crippen LogP contribution is -2.38. The molecular weight excluding hydrogens is 302 g/mol. The molecule has 0 aliphatic carbocycles. The molecule has 2 aromatic heterocycles. The Labute approximate surface area is 143 Å². The molecule has 0 atom stereocenters. The van der Waals surface area contributed by atoms with Crippen molar-refractivity contribution in [2.24, 2.45) is 7.05 Å². The Balaban J connectivity index is 1.63. The largest absolute Gasteiger partial charge is 0.338 e. The number of imidazole rings is 1. The van der Waals surface area contributed by atoms with E-state index < -0.39 is 0 Å². The lowest BCUT2D eigenvalue weighted by molar-refractivity contribution is 0.0709. The van der Waals surface area contributed by atoms with Gasteiger partial charge in [0.15, 0.2) is 0 Å². The van der Waals surface area contributed by atoms with Crippen LogP contribution in [0.25, 0.3) is 0 Å². The fourth-order valence-electron chi connectivity index (χ4n) is 3.52. The summed E-state index contributed by atoms with van der Waals surface area (Å²) in [5.74, 6) is 1.75. The lowest BCUT2D eigenvalue weighted by atomic mass is 9.95. The number of carbonyl (C=O) groups is 1. The van der Waals surface area contributed by atoms with E-state index in [9.17, 15) is 4.79 Å². The molecule has 1 amide bonds. The van der Waals surface area contributed by atoms with Crippen LogP contribution in [0.2, 0.25) is 0 Å². The number of hydrogen-bond acceptors (Lipinski definition) is 3. The van der Waals surface area contributed by atoms with E-state index in [1.807, 2.05) is 31.3 Å². The van der Waals surface area contributed by atoms with Crippen LogP contribution >= 0.6 is 0 Å². The maximum absolute atomic E-state index is 12.7. The zero-order valence-corrected chi connectivity index (χ0v) is 14.9. The molecule has 0 saturated carbocycles. The summed E-state index contributed by atoms with van der Waals surface area (Å²) in [6.45, 7) is 6.72. The van der Waals surface area contributed by atoms with Crippen molar-refractivity contribution >= 4 is 5.91 Å². The third-order valence-electron chi connectivity index (χ3n) is 4.89. The summed E-state index contributed by atoms with van der Waals surface area (Å²) in [5.41, 5.74) is 1.53. The van der Waals surface area contributed by atoms with Crippen LogP contribution in [0.5, 0.6) is 0 Å². The summed E-state index contributed by atoms with van der Waals surface area (Å²) in [5, 5.41) is 4.28. The first-order valence-electron chi connectivity index (χ1n) is 8.90. The Bertz CT molecular complexity index is 694. The van der Waals surface area contributed by atoms with Gasteiger partial charge in [0.2, 0.25) is 0 Å². The molecule has 130 valence electrons. The van der Waals surface area contributed by atoms with E-state index in [1.165, 1.54) is 18.7 Å². The predicted octanol–water partition coefficient (Wildman–Crippen LogP) is 2.74. The molecule has 3 rings (SSSR count). The van der Waals surface area contributed by atoms with Gasteiger partial charge >= 0.3 is 0 Å². The molecule has 6 heteroatoms. The molecule has 6 nitrogen and oxygen atoms in total. The van der Waals surface area contributed by atoms with E-state index in [4.69, 9.17) is 0 Å². The SMILES string of the molecule is CCCCn1ccnc1C1CCN(C(=O)c2cn(C)nc2C)CC1.